The van der Waals surface area contributed by atoms with Gasteiger partial charge in [-0.05, 0) is 68.0 Å². The number of fused-ring (bicyclic) bond motifs is 1. The largest absolute Gasteiger partial charge is 0.417 e. The van der Waals surface area contributed by atoms with Gasteiger partial charge in [-0.3, -0.25) is 4.98 Å². The monoisotopic (exact) mass is 336 g/mol. The third kappa shape index (κ3) is 4.02. The van der Waals surface area contributed by atoms with E-state index in [2.05, 4.69) is 46.3 Å². The number of aromatic amines is 1. The van der Waals surface area contributed by atoms with E-state index in [1.54, 1.807) is 0 Å². The van der Waals surface area contributed by atoms with Crippen molar-refractivity contribution < 1.29 is 4.42 Å². The number of benzene rings is 2. The van der Waals surface area contributed by atoms with Crippen LogP contribution in [0.2, 0.25) is 0 Å². The molecule has 25 heavy (non-hydrogen) atoms. The first-order valence-corrected chi connectivity index (χ1v) is 9.14. The summed E-state index contributed by atoms with van der Waals surface area (Å²) in [4.78, 5) is 16.5. The summed E-state index contributed by atoms with van der Waals surface area (Å²) in [5, 5.41) is 0. The van der Waals surface area contributed by atoms with Gasteiger partial charge in [0.15, 0.2) is 5.58 Å². The van der Waals surface area contributed by atoms with Crippen LogP contribution in [0.15, 0.2) is 57.7 Å². The Hall–Kier alpha value is -2.33. The van der Waals surface area contributed by atoms with Crippen molar-refractivity contribution in [3.63, 3.8) is 0 Å². The van der Waals surface area contributed by atoms with E-state index in [9.17, 15) is 4.79 Å². The maximum Gasteiger partial charge on any atom is 0.417 e. The van der Waals surface area contributed by atoms with Crippen LogP contribution in [-0.4, -0.2) is 29.5 Å². The first-order chi connectivity index (χ1) is 12.3. The van der Waals surface area contributed by atoms with Crippen molar-refractivity contribution in [2.24, 2.45) is 5.92 Å². The normalized spacial score (nSPS) is 16.5. The highest BCUT2D eigenvalue weighted by Gasteiger charge is 2.19. The van der Waals surface area contributed by atoms with Gasteiger partial charge >= 0.3 is 5.76 Å². The summed E-state index contributed by atoms with van der Waals surface area (Å²) >= 11 is 0. The lowest BCUT2D eigenvalue weighted by molar-refractivity contribution is 0.186. The molecule has 0 amide bonds. The third-order valence-corrected chi connectivity index (χ3v) is 5.28. The number of hydrogen-bond acceptors (Lipinski definition) is 3. The average molecular weight is 336 g/mol. The second-order valence-corrected chi connectivity index (χ2v) is 7.07. The Bertz CT molecular complexity index is 874. The molecule has 0 bridgehead atoms. The van der Waals surface area contributed by atoms with Crippen LogP contribution in [0.4, 0.5) is 0 Å². The third-order valence-electron chi connectivity index (χ3n) is 5.28. The van der Waals surface area contributed by atoms with Gasteiger partial charge in [0.25, 0.3) is 0 Å². The van der Waals surface area contributed by atoms with E-state index in [0.717, 1.165) is 24.4 Å². The number of nitrogens with zero attached hydrogens (tertiary/aromatic N) is 1. The first kappa shape index (κ1) is 16.2. The van der Waals surface area contributed by atoms with Gasteiger partial charge in [-0.2, -0.15) is 0 Å². The average Bonchev–Trinajstić information content (AvgIpc) is 3.01. The second kappa shape index (κ2) is 7.28. The molecule has 4 heteroatoms. The SMILES string of the molecule is O=c1[nH]c2ccc(CCN3CCC(Cc4ccccc4)CC3)cc2o1. The van der Waals surface area contributed by atoms with E-state index in [1.807, 2.05) is 12.1 Å². The number of piperidine rings is 1. The van der Waals surface area contributed by atoms with Crippen molar-refractivity contribution in [2.45, 2.75) is 25.7 Å². The number of H-pyrrole nitrogens is 1. The summed E-state index contributed by atoms with van der Waals surface area (Å²) in [7, 11) is 0. The number of rotatable bonds is 5. The van der Waals surface area contributed by atoms with Crippen LogP contribution in [-0.2, 0) is 12.8 Å². The lowest BCUT2D eigenvalue weighted by Gasteiger charge is -2.32. The lowest BCUT2D eigenvalue weighted by atomic mass is 9.90. The Morgan fingerprint density at radius 3 is 2.64 bits per heavy atom. The van der Waals surface area contributed by atoms with Crippen molar-refractivity contribution in [3.8, 4) is 0 Å². The molecule has 2 aromatic carbocycles. The molecule has 130 valence electrons. The minimum Gasteiger partial charge on any atom is -0.408 e. The van der Waals surface area contributed by atoms with Crippen LogP contribution >= 0.6 is 0 Å². The Morgan fingerprint density at radius 2 is 1.84 bits per heavy atom. The number of oxazole rings is 1. The second-order valence-electron chi connectivity index (χ2n) is 7.07. The molecule has 1 aliphatic heterocycles. The number of aromatic nitrogens is 1. The highest BCUT2D eigenvalue weighted by atomic mass is 16.4. The van der Waals surface area contributed by atoms with Gasteiger partial charge in [-0.15, -0.1) is 0 Å². The molecule has 1 aromatic heterocycles. The van der Waals surface area contributed by atoms with Crippen molar-refractivity contribution in [1.82, 2.24) is 9.88 Å². The van der Waals surface area contributed by atoms with E-state index >= 15 is 0 Å². The quantitative estimate of drug-likeness (QED) is 0.774. The Labute approximate surface area is 147 Å². The molecule has 4 rings (SSSR count). The van der Waals surface area contributed by atoms with Crippen molar-refractivity contribution in [1.29, 1.82) is 0 Å². The van der Waals surface area contributed by atoms with Crippen molar-refractivity contribution in [2.75, 3.05) is 19.6 Å². The molecule has 0 spiro atoms. The highest BCUT2D eigenvalue weighted by molar-refractivity contribution is 5.72. The molecular weight excluding hydrogens is 312 g/mol. The molecule has 2 heterocycles. The van der Waals surface area contributed by atoms with Gasteiger partial charge in [0.2, 0.25) is 0 Å². The molecule has 4 nitrogen and oxygen atoms in total. The zero-order valence-corrected chi connectivity index (χ0v) is 14.4. The molecule has 1 N–H and O–H groups in total. The molecule has 1 aliphatic rings. The molecular formula is C21H24N2O2. The number of nitrogens with one attached hydrogen (secondary N) is 1. The molecule has 0 unspecified atom stereocenters. The van der Waals surface area contributed by atoms with Gasteiger partial charge < -0.3 is 9.32 Å². The first-order valence-electron chi connectivity index (χ1n) is 9.14. The minimum absolute atomic E-state index is 0.382. The van der Waals surface area contributed by atoms with Gasteiger partial charge in [0.1, 0.15) is 0 Å². The highest BCUT2D eigenvalue weighted by Crippen LogP contribution is 2.22. The van der Waals surface area contributed by atoms with Crippen molar-refractivity contribution >= 4 is 11.1 Å². The minimum atomic E-state index is -0.382. The molecule has 1 fully saturated rings. The summed E-state index contributed by atoms with van der Waals surface area (Å²) in [6, 6.07) is 16.8. The number of hydrogen-bond donors (Lipinski definition) is 1. The maximum absolute atomic E-state index is 11.2. The summed E-state index contributed by atoms with van der Waals surface area (Å²) in [6.45, 7) is 3.43. The Morgan fingerprint density at radius 1 is 1.04 bits per heavy atom. The zero-order chi connectivity index (χ0) is 17.1. The van der Waals surface area contributed by atoms with E-state index in [0.29, 0.717) is 5.58 Å². The zero-order valence-electron chi connectivity index (χ0n) is 14.4. The standard InChI is InChI=1S/C21H24N2O2/c24-21-22-19-7-6-17(15-20(19)25-21)8-11-23-12-9-18(10-13-23)14-16-4-2-1-3-5-16/h1-7,15,18H,8-14H2,(H,22,24). The predicted octanol–water partition coefficient (Wildman–Crippen LogP) is 3.62. The molecule has 0 saturated carbocycles. The van der Waals surface area contributed by atoms with E-state index < -0.39 is 0 Å². The number of likely N-dealkylation sites (tertiary alicyclic amines) is 1. The van der Waals surface area contributed by atoms with Crippen LogP contribution in [0, 0.1) is 5.92 Å². The Balaban J connectivity index is 1.27. The van der Waals surface area contributed by atoms with E-state index in [-0.39, 0.29) is 5.76 Å². The van der Waals surface area contributed by atoms with Gasteiger partial charge in [0, 0.05) is 6.54 Å². The summed E-state index contributed by atoms with van der Waals surface area (Å²) in [6.07, 6.45) is 4.76. The van der Waals surface area contributed by atoms with Crippen LogP contribution in [0.3, 0.4) is 0 Å². The summed E-state index contributed by atoms with van der Waals surface area (Å²) in [5.41, 5.74) is 4.11. The lowest BCUT2D eigenvalue weighted by Crippen LogP contribution is -2.35. The van der Waals surface area contributed by atoms with Gasteiger partial charge in [-0.1, -0.05) is 36.4 Å². The smallest absolute Gasteiger partial charge is 0.408 e. The topological polar surface area (TPSA) is 49.2 Å². The van der Waals surface area contributed by atoms with Crippen LogP contribution in [0.25, 0.3) is 11.1 Å². The fraction of sp³-hybridized carbons (Fsp3) is 0.381. The van der Waals surface area contributed by atoms with E-state index in [1.165, 1.54) is 43.5 Å². The molecule has 0 aliphatic carbocycles. The van der Waals surface area contributed by atoms with E-state index in [4.69, 9.17) is 4.42 Å². The fourth-order valence-electron chi connectivity index (χ4n) is 3.79. The molecule has 0 atom stereocenters. The van der Waals surface area contributed by atoms with Crippen LogP contribution < -0.4 is 5.76 Å². The Kier molecular flexibility index (Phi) is 4.70. The summed E-state index contributed by atoms with van der Waals surface area (Å²) < 4.78 is 5.15. The fourth-order valence-corrected chi connectivity index (χ4v) is 3.79. The van der Waals surface area contributed by atoms with Crippen LogP contribution in [0.1, 0.15) is 24.0 Å². The van der Waals surface area contributed by atoms with Gasteiger partial charge in [0.05, 0.1) is 5.52 Å². The van der Waals surface area contributed by atoms with Crippen molar-refractivity contribution in [3.05, 3.63) is 70.2 Å². The van der Waals surface area contributed by atoms with Crippen LogP contribution in [0.5, 0.6) is 0 Å². The van der Waals surface area contributed by atoms with Gasteiger partial charge in [-0.25, -0.2) is 4.79 Å². The maximum atomic E-state index is 11.2. The molecule has 3 aromatic rings. The molecule has 0 radical (unpaired) electrons. The molecule has 1 saturated heterocycles. The predicted molar refractivity (Wildman–Crippen MR) is 99.8 cm³/mol. The summed E-state index contributed by atoms with van der Waals surface area (Å²) in [5.74, 6) is 0.428.